The Morgan fingerprint density at radius 3 is 1.96 bits per heavy atom. The van der Waals surface area contributed by atoms with Gasteiger partial charge >= 0.3 is 0 Å². The second-order valence-corrected chi connectivity index (χ2v) is 16.7. The second-order valence-electron chi connectivity index (χ2n) is 7.62. The van der Waals surface area contributed by atoms with E-state index >= 15 is 0 Å². The van der Waals surface area contributed by atoms with Crippen molar-refractivity contribution in [2.24, 2.45) is 0 Å². The van der Waals surface area contributed by atoms with Crippen molar-refractivity contribution in [3.63, 3.8) is 0 Å². The summed E-state index contributed by atoms with van der Waals surface area (Å²) in [6, 6.07) is 8.93. The Labute approximate surface area is 159 Å². The molecule has 0 unspecified atom stereocenters. The van der Waals surface area contributed by atoms with Crippen molar-refractivity contribution >= 4 is 66.5 Å². The molecule has 0 fully saturated rings. The Kier molecular flexibility index (Phi) is 5.23. The highest BCUT2D eigenvalue weighted by Gasteiger charge is 2.47. The predicted octanol–water partition coefficient (Wildman–Crippen LogP) is 7.72. The molecule has 0 nitrogen and oxygen atoms in total. The summed E-state index contributed by atoms with van der Waals surface area (Å²) in [5.74, 6) is 0. The molecule has 0 aliphatic rings. The van der Waals surface area contributed by atoms with Crippen molar-refractivity contribution < 1.29 is 0 Å². The highest BCUT2D eigenvalue weighted by Crippen LogP contribution is 2.49. The molecule has 0 aliphatic heterocycles. The number of thiophene rings is 2. The first kappa shape index (κ1) is 18.5. The third kappa shape index (κ3) is 2.53. The van der Waals surface area contributed by atoms with Crippen LogP contribution in [-0.2, 0) is 0 Å². The maximum atomic E-state index is 2.47. The first-order valence-electron chi connectivity index (χ1n) is 8.84. The number of thioether (sulfide) groups is 1. The third-order valence-electron chi connectivity index (χ3n) is 5.63. The molecular weight excluding hydrogens is 365 g/mol. The number of fused-ring (bicyclic) bond motifs is 3. The molecule has 0 spiro atoms. The van der Waals surface area contributed by atoms with Crippen molar-refractivity contribution in [3.8, 4) is 0 Å². The maximum absolute atomic E-state index is 2.47. The van der Waals surface area contributed by atoms with Gasteiger partial charge in [-0.2, -0.15) is 0 Å². The zero-order valence-corrected chi connectivity index (χ0v) is 19.2. The average molecular weight is 393 g/mol. The minimum absolute atomic E-state index is 0.766. The van der Waals surface area contributed by atoms with Crippen LogP contribution >= 0.6 is 34.4 Å². The van der Waals surface area contributed by atoms with Crippen molar-refractivity contribution in [1.29, 1.82) is 0 Å². The minimum Gasteiger partial charge on any atom is -0.142 e. The topological polar surface area (TPSA) is 0 Å². The molecule has 0 N–H and O–H groups in total. The van der Waals surface area contributed by atoms with Crippen molar-refractivity contribution in [2.75, 3.05) is 6.26 Å². The summed E-state index contributed by atoms with van der Waals surface area (Å²) in [4.78, 5) is 1.60. The van der Waals surface area contributed by atoms with E-state index in [9.17, 15) is 0 Å². The Hall–Kier alpha value is -0.293. The van der Waals surface area contributed by atoms with Crippen LogP contribution in [-0.4, -0.2) is 14.3 Å². The molecule has 3 aromatic rings. The summed E-state index contributed by atoms with van der Waals surface area (Å²) in [6.45, 7) is 14.8. The summed E-state index contributed by atoms with van der Waals surface area (Å²) in [5, 5.41) is 1.46. The monoisotopic (exact) mass is 392 g/mol. The second kappa shape index (κ2) is 6.79. The number of hydrogen-bond donors (Lipinski definition) is 0. The van der Waals surface area contributed by atoms with E-state index in [-0.39, 0.29) is 0 Å². The van der Waals surface area contributed by atoms with Crippen molar-refractivity contribution in [2.45, 2.75) is 63.1 Å². The van der Waals surface area contributed by atoms with Gasteiger partial charge in [0.05, 0.1) is 9.40 Å². The highest BCUT2D eigenvalue weighted by molar-refractivity contribution is 7.99. The Morgan fingerprint density at radius 1 is 0.833 bits per heavy atom. The average Bonchev–Trinajstić information content (AvgIpc) is 3.02. The standard InChI is InChI=1S/C20H28S3Si/c1-12(2)24(13(3)4,14(5)6)20-19(21-7)18-17(23-20)15-10-8-9-11-16(15)22-18/h8-14H,1-7H3. The van der Waals surface area contributed by atoms with Gasteiger partial charge in [-0.1, -0.05) is 59.7 Å². The molecule has 24 heavy (non-hydrogen) atoms. The van der Waals surface area contributed by atoms with Crippen LogP contribution in [0.2, 0.25) is 16.6 Å². The van der Waals surface area contributed by atoms with E-state index in [4.69, 9.17) is 0 Å². The van der Waals surface area contributed by atoms with Crippen LogP contribution < -0.4 is 4.50 Å². The molecule has 3 rings (SSSR count). The summed E-state index contributed by atoms with van der Waals surface area (Å²) in [5.41, 5.74) is 2.30. The number of hydrogen-bond acceptors (Lipinski definition) is 3. The molecule has 0 saturated heterocycles. The molecule has 4 heteroatoms. The smallest absolute Gasteiger partial charge is 0.109 e. The van der Waals surface area contributed by atoms with Gasteiger partial charge < -0.3 is 0 Å². The molecule has 0 atom stereocenters. The van der Waals surface area contributed by atoms with E-state index < -0.39 is 8.07 Å². The van der Waals surface area contributed by atoms with E-state index in [1.54, 1.807) is 14.1 Å². The van der Waals surface area contributed by atoms with Gasteiger partial charge in [0.1, 0.15) is 8.07 Å². The van der Waals surface area contributed by atoms with E-state index in [2.05, 4.69) is 83.4 Å². The molecular formula is C20H28S3Si. The lowest BCUT2D eigenvalue weighted by Gasteiger charge is -2.43. The summed E-state index contributed by atoms with van der Waals surface area (Å²) >= 11 is 6.11. The Morgan fingerprint density at radius 2 is 1.42 bits per heavy atom. The van der Waals surface area contributed by atoms with Gasteiger partial charge in [-0.25, -0.2) is 0 Å². The van der Waals surface area contributed by atoms with Crippen LogP contribution in [0.5, 0.6) is 0 Å². The van der Waals surface area contributed by atoms with Crippen molar-refractivity contribution in [1.82, 2.24) is 0 Å². The van der Waals surface area contributed by atoms with Crippen LogP contribution in [0.15, 0.2) is 29.2 Å². The van der Waals surface area contributed by atoms with Crippen molar-refractivity contribution in [3.05, 3.63) is 24.3 Å². The SMILES string of the molecule is CSc1c([Si](C(C)C)(C(C)C)C(C)C)sc2c1sc1ccccc12. The molecule has 0 amide bonds. The van der Waals surface area contributed by atoms with Crippen LogP contribution in [0.1, 0.15) is 41.5 Å². The van der Waals surface area contributed by atoms with Crippen LogP contribution in [0.25, 0.3) is 19.5 Å². The lowest BCUT2D eigenvalue weighted by atomic mass is 10.2. The highest BCUT2D eigenvalue weighted by atomic mass is 32.2. The number of rotatable bonds is 5. The van der Waals surface area contributed by atoms with Gasteiger partial charge in [0.2, 0.25) is 0 Å². The molecule has 0 radical (unpaired) electrons. The van der Waals surface area contributed by atoms with Gasteiger partial charge in [0.15, 0.2) is 0 Å². The summed E-state index contributed by atoms with van der Waals surface area (Å²) in [6.07, 6.45) is 2.27. The molecule has 1 aromatic carbocycles. The van der Waals surface area contributed by atoms with Gasteiger partial charge in [0.25, 0.3) is 0 Å². The largest absolute Gasteiger partial charge is 0.142 e. The lowest BCUT2D eigenvalue weighted by molar-refractivity contribution is 0.835. The zero-order chi connectivity index (χ0) is 17.6. The fraction of sp³-hybridized carbons (Fsp3) is 0.500. The molecule has 0 saturated carbocycles. The first-order valence-corrected chi connectivity index (χ1v) is 13.9. The quantitative estimate of drug-likeness (QED) is 0.316. The Bertz CT molecular complexity index is 833. The molecule has 2 heterocycles. The fourth-order valence-electron chi connectivity index (χ4n) is 4.78. The van der Waals surface area contributed by atoms with Crippen LogP contribution in [0.4, 0.5) is 0 Å². The van der Waals surface area contributed by atoms with Gasteiger partial charge in [-0.3, -0.25) is 0 Å². The van der Waals surface area contributed by atoms with E-state index in [0.717, 1.165) is 16.6 Å². The van der Waals surface area contributed by atoms with E-state index in [1.165, 1.54) is 14.8 Å². The number of benzene rings is 1. The summed E-state index contributed by atoms with van der Waals surface area (Å²) in [7, 11) is -1.60. The molecule has 2 aromatic heterocycles. The van der Waals surface area contributed by atoms with Crippen LogP contribution in [0.3, 0.4) is 0 Å². The third-order valence-corrected chi connectivity index (χ3v) is 17.4. The van der Waals surface area contributed by atoms with Gasteiger partial charge in [0, 0.05) is 19.5 Å². The normalized spacial score (nSPS) is 13.2. The minimum atomic E-state index is -1.60. The lowest BCUT2D eigenvalue weighted by Crippen LogP contribution is -2.55. The molecule has 130 valence electrons. The zero-order valence-electron chi connectivity index (χ0n) is 15.8. The first-order chi connectivity index (χ1) is 11.4. The molecule has 0 bridgehead atoms. The predicted molar refractivity (Wildman–Crippen MR) is 120 cm³/mol. The van der Waals surface area contributed by atoms with Gasteiger partial charge in [-0.05, 0) is 28.9 Å². The molecule has 0 aliphatic carbocycles. The fourth-order valence-corrected chi connectivity index (χ4v) is 18.5. The van der Waals surface area contributed by atoms with Crippen LogP contribution in [0, 0.1) is 0 Å². The van der Waals surface area contributed by atoms with E-state index in [1.807, 2.05) is 23.1 Å². The van der Waals surface area contributed by atoms with Gasteiger partial charge in [-0.15, -0.1) is 34.4 Å². The maximum Gasteiger partial charge on any atom is 0.109 e. The van der Waals surface area contributed by atoms with E-state index in [0.29, 0.717) is 0 Å². The Balaban J connectivity index is 2.39. The summed E-state index contributed by atoms with van der Waals surface area (Å²) < 4.78 is 6.28.